The Labute approximate surface area is 223 Å². The van der Waals surface area contributed by atoms with Gasteiger partial charge in [-0.15, -0.1) is 0 Å². The smallest absolute Gasteiger partial charge is 0.352 e. The molecule has 0 saturated heterocycles. The number of nitrogens with zero attached hydrogens (tertiary/aromatic N) is 4. The average Bonchev–Trinajstić information content (AvgIpc) is 3.40. The molecule has 0 aliphatic rings. The minimum absolute atomic E-state index is 0.0151. The van der Waals surface area contributed by atoms with Crippen LogP contribution >= 0.6 is 0 Å². The van der Waals surface area contributed by atoms with Gasteiger partial charge in [-0.2, -0.15) is 23.5 Å². The van der Waals surface area contributed by atoms with Crippen LogP contribution in [0.5, 0.6) is 0 Å². The van der Waals surface area contributed by atoms with Crippen LogP contribution in [-0.2, 0) is 6.18 Å². The van der Waals surface area contributed by atoms with Gasteiger partial charge in [-0.3, -0.25) is 14.2 Å². The number of halogens is 3. The van der Waals surface area contributed by atoms with Crippen LogP contribution in [0.3, 0.4) is 0 Å². The molecule has 7 nitrogen and oxygen atoms in total. The maximum Gasteiger partial charge on any atom is 0.416 e. The lowest BCUT2D eigenvalue weighted by Crippen LogP contribution is -2.34. The lowest BCUT2D eigenvalue weighted by atomic mass is 10.0. The average molecular weight is 534 g/mol. The van der Waals surface area contributed by atoms with Crippen molar-refractivity contribution in [3.05, 3.63) is 99.6 Å². The van der Waals surface area contributed by atoms with Crippen molar-refractivity contribution in [3.8, 4) is 28.7 Å². The summed E-state index contributed by atoms with van der Waals surface area (Å²) in [5.41, 5.74) is 0.510. The first-order chi connectivity index (χ1) is 18.7. The number of benzene rings is 2. The van der Waals surface area contributed by atoms with E-state index in [1.54, 1.807) is 41.9 Å². The molecule has 1 amide bonds. The summed E-state index contributed by atoms with van der Waals surface area (Å²) in [5.74, 6) is -0.609. The van der Waals surface area contributed by atoms with Gasteiger partial charge in [0.25, 0.3) is 11.5 Å². The number of pyridine rings is 1. The quantitative estimate of drug-likeness (QED) is 0.289. The molecule has 200 valence electrons. The number of rotatable bonds is 8. The third kappa shape index (κ3) is 5.77. The van der Waals surface area contributed by atoms with Gasteiger partial charge in [-0.05, 0) is 67.9 Å². The van der Waals surface area contributed by atoms with E-state index in [9.17, 15) is 22.8 Å². The van der Waals surface area contributed by atoms with Crippen molar-refractivity contribution in [3.63, 3.8) is 0 Å². The normalized spacial score (nSPS) is 11.3. The van der Waals surface area contributed by atoms with Gasteiger partial charge >= 0.3 is 6.18 Å². The van der Waals surface area contributed by atoms with Crippen LogP contribution < -0.4 is 10.9 Å². The first-order valence-electron chi connectivity index (χ1n) is 12.4. The van der Waals surface area contributed by atoms with E-state index in [2.05, 4.69) is 16.5 Å². The van der Waals surface area contributed by atoms with Crippen molar-refractivity contribution < 1.29 is 18.0 Å². The Morgan fingerprint density at radius 2 is 1.79 bits per heavy atom. The summed E-state index contributed by atoms with van der Waals surface area (Å²) in [5, 5.41) is 16.3. The van der Waals surface area contributed by atoms with E-state index in [-0.39, 0.29) is 11.3 Å². The molecule has 0 fully saturated rings. The number of amides is 1. The summed E-state index contributed by atoms with van der Waals surface area (Å²) < 4.78 is 43.2. The Bertz CT molecular complexity index is 1600. The Balaban J connectivity index is 1.92. The zero-order valence-corrected chi connectivity index (χ0v) is 21.4. The van der Waals surface area contributed by atoms with Gasteiger partial charge in [0.2, 0.25) is 0 Å². The molecule has 4 rings (SSSR count). The first-order valence-corrected chi connectivity index (χ1v) is 12.4. The van der Waals surface area contributed by atoms with Crippen LogP contribution in [0.25, 0.3) is 22.6 Å². The zero-order chi connectivity index (χ0) is 28.2. The lowest BCUT2D eigenvalue weighted by molar-refractivity contribution is -0.137. The molecule has 10 heteroatoms. The van der Waals surface area contributed by atoms with Gasteiger partial charge in [0.1, 0.15) is 5.56 Å². The van der Waals surface area contributed by atoms with Crippen LogP contribution in [-0.4, -0.2) is 26.8 Å². The molecular weight excluding hydrogens is 507 g/mol. The van der Waals surface area contributed by atoms with Crippen LogP contribution in [0.1, 0.15) is 53.4 Å². The van der Waals surface area contributed by atoms with Gasteiger partial charge in [0, 0.05) is 23.5 Å². The number of nitrogens with one attached hydrogen (secondary N) is 1. The minimum atomic E-state index is -4.61. The highest BCUT2D eigenvalue weighted by Crippen LogP contribution is 2.32. The van der Waals surface area contributed by atoms with E-state index in [4.69, 9.17) is 5.26 Å². The lowest BCUT2D eigenvalue weighted by Gasteiger charge is -2.18. The van der Waals surface area contributed by atoms with E-state index in [1.165, 1.54) is 24.4 Å². The standard InChI is InChI=1S/C29H26F3N5O2/c1-3-4-5-14-34-27(38)25-17-24(26-13-15-35-37(26)22-11-9-20(18-33)10-12-22)19(2)36(28(25)39)23-8-6-7-21(16-23)29(30,31)32/h6-13,15-17H,3-5,14H2,1-2H3,(H,34,38). The van der Waals surface area contributed by atoms with Crippen molar-refractivity contribution in [1.29, 1.82) is 5.26 Å². The van der Waals surface area contributed by atoms with Crippen LogP contribution in [0, 0.1) is 18.3 Å². The minimum Gasteiger partial charge on any atom is -0.352 e. The zero-order valence-electron chi connectivity index (χ0n) is 21.4. The van der Waals surface area contributed by atoms with E-state index >= 15 is 0 Å². The van der Waals surface area contributed by atoms with Gasteiger partial charge in [-0.1, -0.05) is 25.8 Å². The second kappa shape index (κ2) is 11.4. The number of hydrogen-bond donors (Lipinski definition) is 1. The molecule has 0 aliphatic heterocycles. The summed E-state index contributed by atoms with van der Waals surface area (Å²) in [4.78, 5) is 26.7. The van der Waals surface area contributed by atoms with Gasteiger partial charge in [0.05, 0.1) is 34.8 Å². The fraction of sp³-hybridized carbons (Fsp3) is 0.241. The molecule has 2 aromatic heterocycles. The van der Waals surface area contributed by atoms with Gasteiger partial charge < -0.3 is 5.32 Å². The number of unbranched alkanes of at least 4 members (excludes halogenated alkanes) is 2. The molecule has 0 atom stereocenters. The highest BCUT2D eigenvalue weighted by molar-refractivity contribution is 5.95. The number of hydrogen-bond acceptors (Lipinski definition) is 4. The highest BCUT2D eigenvalue weighted by Gasteiger charge is 2.31. The monoisotopic (exact) mass is 533 g/mol. The SMILES string of the molecule is CCCCCNC(=O)c1cc(-c2ccnn2-c2ccc(C#N)cc2)c(C)n(-c2cccc(C(F)(F)F)c2)c1=O. The van der Waals surface area contributed by atoms with Crippen molar-refractivity contribution in [2.75, 3.05) is 6.54 Å². The second-order valence-corrected chi connectivity index (χ2v) is 9.00. The largest absolute Gasteiger partial charge is 0.416 e. The fourth-order valence-electron chi connectivity index (χ4n) is 4.32. The van der Waals surface area contributed by atoms with Crippen molar-refractivity contribution >= 4 is 5.91 Å². The Kier molecular flexibility index (Phi) is 8.00. The molecule has 0 radical (unpaired) electrons. The number of carbonyl (C=O) groups excluding carboxylic acids is 1. The molecule has 39 heavy (non-hydrogen) atoms. The summed E-state index contributed by atoms with van der Waals surface area (Å²) in [7, 11) is 0. The van der Waals surface area contributed by atoms with Crippen LogP contribution in [0.4, 0.5) is 13.2 Å². The fourth-order valence-corrected chi connectivity index (χ4v) is 4.32. The third-order valence-corrected chi connectivity index (χ3v) is 6.35. The Hall–Kier alpha value is -4.65. The third-order valence-electron chi connectivity index (χ3n) is 6.35. The molecular formula is C29H26F3N5O2. The molecule has 0 spiro atoms. The van der Waals surface area contributed by atoms with E-state index in [0.717, 1.165) is 36.0 Å². The Morgan fingerprint density at radius 3 is 2.46 bits per heavy atom. The summed E-state index contributed by atoms with van der Waals surface area (Å²) >= 11 is 0. The molecule has 0 saturated carbocycles. The molecule has 0 unspecified atom stereocenters. The van der Waals surface area contributed by atoms with Gasteiger partial charge in [-0.25, -0.2) is 4.68 Å². The number of alkyl halides is 3. The van der Waals surface area contributed by atoms with Crippen molar-refractivity contribution in [2.24, 2.45) is 0 Å². The summed E-state index contributed by atoms with van der Waals surface area (Å²) in [6.45, 7) is 4.00. The molecule has 1 N–H and O–H groups in total. The van der Waals surface area contributed by atoms with Crippen molar-refractivity contribution in [1.82, 2.24) is 19.7 Å². The number of nitriles is 1. The van der Waals surface area contributed by atoms with E-state index in [1.807, 2.05) is 6.92 Å². The molecule has 2 aromatic carbocycles. The van der Waals surface area contributed by atoms with E-state index in [0.29, 0.717) is 34.7 Å². The maximum atomic E-state index is 13.6. The first kappa shape index (κ1) is 27.4. The number of carbonyl (C=O) groups is 1. The van der Waals surface area contributed by atoms with E-state index < -0.39 is 23.2 Å². The van der Waals surface area contributed by atoms with Crippen LogP contribution in [0.2, 0.25) is 0 Å². The van der Waals surface area contributed by atoms with Crippen LogP contribution in [0.15, 0.2) is 71.7 Å². The highest BCUT2D eigenvalue weighted by atomic mass is 19.4. The maximum absolute atomic E-state index is 13.6. The Morgan fingerprint density at radius 1 is 1.05 bits per heavy atom. The summed E-state index contributed by atoms with van der Waals surface area (Å²) in [6, 6.07) is 16.3. The molecule has 4 aromatic rings. The predicted octanol–water partition coefficient (Wildman–Crippen LogP) is 5.81. The molecule has 0 bridgehead atoms. The molecule has 2 heterocycles. The van der Waals surface area contributed by atoms with Crippen molar-refractivity contribution in [2.45, 2.75) is 39.3 Å². The topological polar surface area (TPSA) is 92.7 Å². The predicted molar refractivity (Wildman–Crippen MR) is 141 cm³/mol. The molecule has 0 aliphatic carbocycles. The summed E-state index contributed by atoms with van der Waals surface area (Å²) in [6.07, 6.45) is -0.492. The van der Waals surface area contributed by atoms with Gasteiger partial charge in [0.15, 0.2) is 0 Å². The second-order valence-electron chi connectivity index (χ2n) is 9.00. The number of aromatic nitrogens is 3.